The average molecular weight is 306 g/mol. The quantitative estimate of drug-likeness (QED) is 0.793. The van der Waals surface area contributed by atoms with Crippen LogP contribution in [0.4, 0.5) is 11.4 Å². The van der Waals surface area contributed by atoms with Crippen LogP contribution < -0.4 is 10.0 Å². The maximum absolute atomic E-state index is 11.1. The molecule has 0 heterocycles. The van der Waals surface area contributed by atoms with Crippen molar-refractivity contribution in [1.82, 2.24) is 0 Å². The fourth-order valence-corrected chi connectivity index (χ4v) is 2.54. The summed E-state index contributed by atoms with van der Waals surface area (Å²) in [7, 11) is -3.26. The summed E-state index contributed by atoms with van der Waals surface area (Å²) in [5.74, 6) is 0.230. The summed E-state index contributed by atoms with van der Waals surface area (Å²) in [6.45, 7) is 1.98. The highest BCUT2D eigenvalue weighted by Gasteiger charge is 2.06. The highest BCUT2D eigenvalue weighted by molar-refractivity contribution is 7.92. The first-order valence-corrected chi connectivity index (χ1v) is 8.36. The van der Waals surface area contributed by atoms with Gasteiger partial charge in [0.15, 0.2) is 0 Å². The molecule has 0 radical (unpaired) electrons. The Morgan fingerprint density at radius 1 is 1.05 bits per heavy atom. The predicted octanol–water partition coefficient (Wildman–Crippen LogP) is 2.94. The molecular formula is C15H18N2O3S. The number of aromatic hydroxyl groups is 1. The van der Waals surface area contributed by atoms with Crippen LogP contribution in [0.25, 0.3) is 0 Å². The van der Waals surface area contributed by atoms with Gasteiger partial charge in [0, 0.05) is 17.4 Å². The van der Waals surface area contributed by atoms with Crippen molar-refractivity contribution in [2.24, 2.45) is 0 Å². The molecule has 5 nitrogen and oxygen atoms in total. The Hall–Kier alpha value is -2.21. The molecule has 6 heteroatoms. The number of rotatable bonds is 5. The second-order valence-electron chi connectivity index (χ2n) is 4.91. The van der Waals surface area contributed by atoms with Crippen molar-refractivity contribution in [3.63, 3.8) is 0 Å². The molecule has 2 rings (SSSR count). The molecule has 2 aromatic rings. The maximum atomic E-state index is 11.1. The summed E-state index contributed by atoms with van der Waals surface area (Å²) in [4.78, 5) is 0. The van der Waals surface area contributed by atoms with E-state index in [1.807, 2.05) is 13.0 Å². The van der Waals surface area contributed by atoms with E-state index in [9.17, 15) is 13.5 Å². The van der Waals surface area contributed by atoms with Gasteiger partial charge in [-0.1, -0.05) is 12.1 Å². The zero-order valence-electron chi connectivity index (χ0n) is 11.9. The first kappa shape index (κ1) is 15.2. The van der Waals surface area contributed by atoms with E-state index in [2.05, 4.69) is 10.0 Å². The molecule has 0 saturated heterocycles. The van der Waals surface area contributed by atoms with Gasteiger partial charge in [0.25, 0.3) is 0 Å². The van der Waals surface area contributed by atoms with Crippen LogP contribution in [0.2, 0.25) is 0 Å². The molecule has 0 fully saturated rings. The van der Waals surface area contributed by atoms with Crippen molar-refractivity contribution < 1.29 is 13.5 Å². The summed E-state index contributed by atoms with van der Waals surface area (Å²) >= 11 is 0. The van der Waals surface area contributed by atoms with Gasteiger partial charge in [0.1, 0.15) is 5.75 Å². The number of benzene rings is 2. The van der Waals surface area contributed by atoms with Gasteiger partial charge in [0.05, 0.1) is 6.26 Å². The third-order valence-corrected chi connectivity index (χ3v) is 3.55. The van der Waals surface area contributed by atoms with Crippen molar-refractivity contribution in [3.05, 3.63) is 54.1 Å². The number of anilines is 2. The Labute approximate surface area is 124 Å². The van der Waals surface area contributed by atoms with Crippen molar-refractivity contribution in [2.75, 3.05) is 16.3 Å². The second kappa shape index (κ2) is 6.05. The number of hydrogen-bond donors (Lipinski definition) is 3. The van der Waals surface area contributed by atoms with Gasteiger partial charge >= 0.3 is 0 Å². The fourth-order valence-electron chi connectivity index (χ4n) is 1.98. The van der Waals surface area contributed by atoms with Gasteiger partial charge in [0.2, 0.25) is 10.0 Å². The molecule has 1 unspecified atom stereocenters. The van der Waals surface area contributed by atoms with E-state index in [0.717, 1.165) is 17.5 Å². The minimum Gasteiger partial charge on any atom is -0.508 e. The van der Waals surface area contributed by atoms with E-state index in [1.54, 1.807) is 42.5 Å². The van der Waals surface area contributed by atoms with Crippen LogP contribution in [0, 0.1) is 0 Å². The minimum absolute atomic E-state index is 0.0193. The Kier molecular flexibility index (Phi) is 4.37. The van der Waals surface area contributed by atoms with Crippen LogP contribution in [0.1, 0.15) is 18.5 Å². The molecule has 2 aromatic carbocycles. The second-order valence-corrected chi connectivity index (χ2v) is 6.66. The molecule has 0 aliphatic rings. The highest BCUT2D eigenvalue weighted by Crippen LogP contribution is 2.23. The van der Waals surface area contributed by atoms with Crippen LogP contribution in [-0.2, 0) is 10.0 Å². The van der Waals surface area contributed by atoms with Crippen molar-refractivity contribution in [3.8, 4) is 5.75 Å². The number of nitrogens with one attached hydrogen (secondary N) is 2. The van der Waals surface area contributed by atoms with E-state index in [4.69, 9.17) is 0 Å². The lowest BCUT2D eigenvalue weighted by molar-refractivity contribution is 0.474. The number of sulfonamides is 1. The smallest absolute Gasteiger partial charge is 0.229 e. The molecule has 0 amide bonds. The molecule has 0 aromatic heterocycles. The van der Waals surface area contributed by atoms with Crippen molar-refractivity contribution in [2.45, 2.75) is 13.0 Å². The van der Waals surface area contributed by atoms with Crippen LogP contribution in [-0.4, -0.2) is 19.8 Å². The molecular weight excluding hydrogens is 288 g/mol. The van der Waals surface area contributed by atoms with Crippen molar-refractivity contribution in [1.29, 1.82) is 0 Å². The first-order chi connectivity index (χ1) is 9.83. The molecule has 1 atom stereocenters. The SMILES string of the molecule is CC(Nc1ccc(NS(C)(=O)=O)cc1)c1cccc(O)c1. The van der Waals surface area contributed by atoms with Gasteiger partial charge in [-0.25, -0.2) is 8.42 Å². The minimum atomic E-state index is -3.26. The lowest BCUT2D eigenvalue weighted by Gasteiger charge is -2.16. The van der Waals surface area contributed by atoms with E-state index >= 15 is 0 Å². The standard InChI is InChI=1S/C15H18N2O3S/c1-11(12-4-3-5-15(18)10-12)16-13-6-8-14(9-7-13)17-21(2,19)20/h3-11,16-18H,1-2H3. The summed E-state index contributed by atoms with van der Waals surface area (Å²) in [5, 5.41) is 12.8. The largest absolute Gasteiger partial charge is 0.508 e. The van der Waals surface area contributed by atoms with Gasteiger partial charge in [-0.05, 0) is 48.9 Å². The van der Waals surface area contributed by atoms with Gasteiger partial charge in [-0.2, -0.15) is 0 Å². The van der Waals surface area contributed by atoms with E-state index in [1.165, 1.54) is 0 Å². The first-order valence-electron chi connectivity index (χ1n) is 6.47. The predicted molar refractivity (Wildman–Crippen MR) is 85.1 cm³/mol. The summed E-state index contributed by atoms with van der Waals surface area (Å²) < 4.78 is 24.7. The third kappa shape index (κ3) is 4.68. The van der Waals surface area contributed by atoms with Gasteiger partial charge < -0.3 is 10.4 Å². The zero-order valence-corrected chi connectivity index (χ0v) is 12.7. The Morgan fingerprint density at radius 3 is 2.24 bits per heavy atom. The molecule has 21 heavy (non-hydrogen) atoms. The number of phenolic OH excluding ortho intramolecular Hbond substituents is 1. The topological polar surface area (TPSA) is 78.4 Å². The third-order valence-electron chi connectivity index (χ3n) is 2.94. The Bertz CT molecular complexity index is 712. The maximum Gasteiger partial charge on any atom is 0.229 e. The monoisotopic (exact) mass is 306 g/mol. The normalized spacial score (nSPS) is 12.7. The van der Waals surface area contributed by atoms with E-state index in [0.29, 0.717) is 5.69 Å². The van der Waals surface area contributed by atoms with E-state index in [-0.39, 0.29) is 11.8 Å². The molecule has 3 N–H and O–H groups in total. The zero-order chi connectivity index (χ0) is 15.5. The summed E-state index contributed by atoms with van der Waals surface area (Å²) in [5.41, 5.74) is 2.35. The molecule has 0 aliphatic heterocycles. The van der Waals surface area contributed by atoms with Crippen molar-refractivity contribution >= 4 is 21.4 Å². The Morgan fingerprint density at radius 2 is 1.67 bits per heavy atom. The molecule has 0 saturated carbocycles. The summed E-state index contributed by atoms with van der Waals surface area (Å²) in [6, 6.07) is 14.1. The van der Waals surface area contributed by atoms with Gasteiger partial charge in [-0.15, -0.1) is 0 Å². The lowest BCUT2D eigenvalue weighted by Crippen LogP contribution is -2.10. The molecule has 112 valence electrons. The Balaban J connectivity index is 2.06. The lowest BCUT2D eigenvalue weighted by atomic mass is 10.1. The summed E-state index contributed by atoms with van der Waals surface area (Å²) in [6.07, 6.45) is 1.11. The molecule has 0 bridgehead atoms. The van der Waals surface area contributed by atoms with Crippen LogP contribution >= 0.6 is 0 Å². The fraction of sp³-hybridized carbons (Fsp3) is 0.200. The van der Waals surface area contributed by atoms with Crippen LogP contribution in [0.3, 0.4) is 0 Å². The number of phenols is 1. The number of hydrogen-bond acceptors (Lipinski definition) is 4. The molecule has 0 aliphatic carbocycles. The van der Waals surface area contributed by atoms with Crippen LogP contribution in [0.15, 0.2) is 48.5 Å². The van der Waals surface area contributed by atoms with Gasteiger partial charge in [-0.3, -0.25) is 4.72 Å². The van der Waals surface area contributed by atoms with E-state index < -0.39 is 10.0 Å². The van der Waals surface area contributed by atoms with Crippen LogP contribution in [0.5, 0.6) is 5.75 Å². The highest BCUT2D eigenvalue weighted by atomic mass is 32.2. The average Bonchev–Trinajstić information content (AvgIpc) is 2.39. The molecule has 0 spiro atoms.